The molecule has 0 radical (unpaired) electrons. The van der Waals surface area contributed by atoms with Crippen LogP contribution in [0.4, 0.5) is 5.95 Å². The summed E-state index contributed by atoms with van der Waals surface area (Å²) in [5.41, 5.74) is 9.22. The van der Waals surface area contributed by atoms with E-state index in [1.807, 2.05) is 60.7 Å². The monoisotopic (exact) mass is 395 g/mol. The summed E-state index contributed by atoms with van der Waals surface area (Å²) >= 11 is 12.2. The van der Waals surface area contributed by atoms with E-state index in [0.717, 1.165) is 27.8 Å². The standard InChI is InChI=1S/C21H15Cl2N3O/c22-15-5-1-3-13(9-15)12-27-17-6-2-4-14(10-17)20-18-11-16(23)7-8-19(18)25-21(24)26-20/h1-11H,12H2,(H2,24,25,26). The quantitative estimate of drug-likeness (QED) is 0.476. The Bertz CT molecular complexity index is 1130. The van der Waals surface area contributed by atoms with Gasteiger partial charge in [-0.05, 0) is 48.0 Å². The van der Waals surface area contributed by atoms with E-state index >= 15 is 0 Å². The second-order valence-electron chi connectivity index (χ2n) is 6.04. The molecule has 0 aliphatic heterocycles. The molecular formula is C21H15Cl2N3O. The van der Waals surface area contributed by atoms with E-state index in [-0.39, 0.29) is 5.95 Å². The van der Waals surface area contributed by atoms with Gasteiger partial charge in [0.15, 0.2) is 0 Å². The fourth-order valence-corrected chi connectivity index (χ4v) is 3.25. The number of benzene rings is 3. The van der Waals surface area contributed by atoms with Gasteiger partial charge in [0.2, 0.25) is 5.95 Å². The molecule has 4 aromatic rings. The van der Waals surface area contributed by atoms with Gasteiger partial charge in [0.25, 0.3) is 0 Å². The Morgan fingerprint density at radius 1 is 0.852 bits per heavy atom. The zero-order valence-electron chi connectivity index (χ0n) is 14.2. The number of ether oxygens (including phenoxy) is 1. The van der Waals surface area contributed by atoms with Crippen molar-refractivity contribution in [1.29, 1.82) is 0 Å². The molecule has 3 aromatic carbocycles. The molecule has 134 valence electrons. The molecule has 27 heavy (non-hydrogen) atoms. The number of fused-ring (bicyclic) bond motifs is 1. The first-order valence-electron chi connectivity index (χ1n) is 8.29. The number of halogens is 2. The van der Waals surface area contributed by atoms with E-state index < -0.39 is 0 Å². The molecule has 0 unspecified atom stereocenters. The maximum absolute atomic E-state index is 6.16. The molecular weight excluding hydrogens is 381 g/mol. The van der Waals surface area contributed by atoms with Crippen molar-refractivity contribution in [2.45, 2.75) is 6.61 Å². The lowest BCUT2D eigenvalue weighted by Gasteiger charge is -2.10. The molecule has 0 atom stereocenters. The van der Waals surface area contributed by atoms with Crippen LogP contribution >= 0.6 is 23.2 Å². The molecule has 1 heterocycles. The lowest BCUT2D eigenvalue weighted by Crippen LogP contribution is -1.99. The highest BCUT2D eigenvalue weighted by Crippen LogP contribution is 2.31. The van der Waals surface area contributed by atoms with Gasteiger partial charge in [-0.25, -0.2) is 9.97 Å². The molecule has 1 aromatic heterocycles. The van der Waals surface area contributed by atoms with E-state index in [9.17, 15) is 0 Å². The van der Waals surface area contributed by atoms with Crippen LogP contribution in [0.15, 0.2) is 66.7 Å². The summed E-state index contributed by atoms with van der Waals surface area (Å²) in [7, 11) is 0. The molecule has 0 aliphatic rings. The van der Waals surface area contributed by atoms with E-state index in [1.165, 1.54) is 0 Å². The normalized spacial score (nSPS) is 10.9. The van der Waals surface area contributed by atoms with Gasteiger partial charge in [-0.15, -0.1) is 0 Å². The minimum atomic E-state index is 0.213. The average Bonchev–Trinajstić information content (AvgIpc) is 2.66. The van der Waals surface area contributed by atoms with E-state index in [4.69, 9.17) is 33.7 Å². The van der Waals surface area contributed by atoms with Crippen LogP contribution in [0.5, 0.6) is 5.75 Å². The number of rotatable bonds is 4. The Kier molecular flexibility index (Phi) is 4.84. The third kappa shape index (κ3) is 3.97. The smallest absolute Gasteiger partial charge is 0.221 e. The highest BCUT2D eigenvalue weighted by molar-refractivity contribution is 6.31. The Hall–Kier alpha value is -2.82. The van der Waals surface area contributed by atoms with Crippen LogP contribution in [-0.2, 0) is 6.61 Å². The summed E-state index contributed by atoms with van der Waals surface area (Å²) in [5, 5.41) is 2.14. The number of nitrogens with zero attached hydrogens (tertiary/aromatic N) is 2. The summed E-state index contributed by atoms with van der Waals surface area (Å²) in [5.74, 6) is 0.935. The number of nitrogens with two attached hydrogens (primary N) is 1. The maximum atomic E-state index is 6.16. The van der Waals surface area contributed by atoms with Crippen LogP contribution in [0, 0.1) is 0 Å². The van der Waals surface area contributed by atoms with Gasteiger partial charge < -0.3 is 10.5 Å². The SMILES string of the molecule is Nc1nc(-c2cccc(OCc3cccc(Cl)c3)c2)c2cc(Cl)ccc2n1. The average molecular weight is 396 g/mol. The third-order valence-corrected chi connectivity index (χ3v) is 4.55. The molecule has 4 rings (SSSR count). The van der Waals surface area contributed by atoms with E-state index in [0.29, 0.717) is 22.3 Å². The fourth-order valence-electron chi connectivity index (χ4n) is 2.87. The van der Waals surface area contributed by atoms with Crippen molar-refractivity contribution >= 4 is 40.1 Å². The fraction of sp³-hybridized carbons (Fsp3) is 0.0476. The van der Waals surface area contributed by atoms with Gasteiger partial charge in [-0.1, -0.05) is 47.5 Å². The van der Waals surface area contributed by atoms with Crippen molar-refractivity contribution in [2.75, 3.05) is 5.73 Å². The van der Waals surface area contributed by atoms with Crippen molar-refractivity contribution in [2.24, 2.45) is 0 Å². The van der Waals surface area contributed by atoms with Gasteiger partial charge in [0.1, 0.15) is 12.4 Å². The Morgan fingerprint density at radius 2 is 1.67 bits per heavy atom. The van der Waals surface area contributed by atoms with E-state index in [1.54, 1.807) is 6.07 Å². The predicted octanol–water partition coefficient (Wildman–Crippen LogP) is 5.76. The minimum absolute atomic E-state index is 0.213. The molecule has 6 heteroatoms. The van der Waals surface area contributed by atoms with Crippen molar-refractivity contribution < 1.29 is 4.74 Å². The van der Waals surface area contributed by atoms with Gasteiger partial charge in [0, 0.05) is 21.0 Å². The Morgan fingerprint density at radius 3 is 2.52 bits per heavy atom. The third-order valence-electron chi connectivity index (χ3n) is 4.08. The van der Waals surface area contributed by atoms with E-state index in [2.05, 4.69) is 9.97 Å². The topological polar surface area (TPSA) is 61.0 Å². The van der Waals surface area contributed by atoms with Gasteiger partial charge in [0.05, 0.1) is 11.2 Å². The summed E-state index contributed by atoms with van der Waals surface area (Å²) in [6.07, 6.45) is 0. The van der Waals surface area contributed by atoms with Crippen LogP contribution in [0.25, 0.3) is 22.2 Å². The minimum Gasteiger partial charge on any atom is -0.489 e. The zero-order chi connectivity index (χ0) is 18.8. The van der Waals surface area contributed by atoms with Crippen molar-refractivity contribution in [3.8, 4) is 17.0 Å². The van der Waals surface area contributed by atoms with Crippen LogP contribution in [-0.4, -0.2) is 9.97 Å². The Balaban J connectivity index is 1.68. The molecule has 0 bridgehead atoms. The Labute approximate surface area is 166 Å². The van der Waals surface area contributed by atoms with Crippen LogP contribution in [0.2, 0.25) is 10.0 Å². The van der Waals surface area contributed by atoms with Crippen LogP contribution < -0.4 is 10.5 Å². The predicted molar refractivity (Wildman–Crippen MR) is 110 cm³/mol. The first-order valence-corrected chi connectivity index (χ1v) is 9.04. The molecule has 0 amide bonds. The highest BCUT2D eigenvalue weighted by Gasteiger charge is 2.10. The molecule has 2 N–H and O–H groups in total. The van der Waals surface area contributed by atoms with Crippen LogP contribution in [0.3, 0.4) is 0 Å². The maximum Gasteiger partial charge on any atom is 0.221 e. The molecule has 0 saturated carbocycles. The molecule has 0 aliphatic carbocycles. The first kappa shape index (κ1) is 17.6. The zero-order valence-corrected chi connectivity index (χ0v) is 15.7. The molecule has 0 saturated heterocycles. The number of hydrogen-bond donors (Lipinski definition) is 1. The van der Waals surface area contributed by atoms with Crippen molar-refractivity contribution in [3.63, 3.8) is 0 Å². The van der Waals surface area contributed by atoms with Crippen molar-refractivity contribution in [3.05, 3.63) is 82.3 Å². The highest BCUT2D eigenvalue weighted by atomic mass is 35.5. The molecule has 0 spiro atoms. The number of hydrogen-bond acceptors (Lipinski definition) is 4. The van der Waals surface area contributed by atoms with Gasteiger partial charge in [-0.2, -0.15) is 0 Å². The number of nitrogen functional groups attached to an aromatic ring is 1. The largest absolute Gasteiger partial charge is 0.489 e. The van der Waals surface area contributed by atoms with Crippen LogP contribution in [0.1, 0.15) is 5.56 Å². The second kappa shape index (κ2) is 7.43. The number of anilines is 1. The lowest BCUT2D eigenvalue weighted by molar-refractivity contribution is 0.306. The summed E-state index contributed by atoms with van der Waals surface area (Å²) < 4.78 is 5.92. The number of aromatic nitrogens is 2. The summed E-state index contributed by atoms with van der Waals surface area (Å²) in [6, 6.07) is 20.7. The van der Waals surface area contributed by atoms with Gasteiger partial charge in [-0.3, -0.25) is 0 Å². The van der Waals surface area contributed by atoms with Gasteiger partial charge >= 0.3 is 0 Å². The van der Waals surface area contributed by atoms with Crippen molar-refractivity contribution in [1.82, 2.24) is 9.97 Å². The first-order chi connectivity index (χ1) is 13.1. The second-order valence-corrected chi connectivity index (χ2v) is 6.91. The summed E-state index contributed by atoms with van der Waals surface area (Å²) in [4.78, 5) is 8.69. The molecule has 4 nitrogen and oxygen atoms in total. The lowest BCUT2D eigenvalue weighted by atomic mass is 10.1. The summed E-state index contributed by atoms with van der Waals surface area (Å²) in [6.45, 7) is 0.419. The molecule has 0 fully saturated rings.